The average Bonchev–Trinajstić information content (AvgIpc) is 2.83. The molecule has 0 bridgehead atoms. The van der Waals surface area contributed by atoms with E-state index in [0.29, 0.717) is 17.9 Å². The van der Waals surface area contributed by atoms with E-state index in [2.05, 4.69) is 44.7 Å². The summed E-state index contributed by atoms with van der Waals surface area (Å²) in [6.07, 6.45) is -3.22. The molecule has 4 nitrogen and oxygen atoms in total. The van der Waals surface area contributed by atoms with Crippen LogP contribution in [0.1, 0.15) is 22.3 Å². The molecular weight excluding hydrogens is 521 g/mol. The van der Waals surface area contributed by atoms with Crippen molar-refractivity contribution in [1.82, 2.24) is 5.43 Å². The molecule has 0 atom stereocenters. The Bertz CT molecular complexity index is 1380. The second kappa shape index (κ2) is 10.7. The highest BCUT2D eigenvalue weighted by molar-refractivity contribution is 9.10. The number of carbonyl (C=O) groups excluding carboxylic acids is 1. The van der Waals surface area contributed by atoms with Gasteiger partial charge in [0.05, 0.1) is 22.7 Å². The number of fused-ring (bicyclic) bond motifs is 1. The van der Waals surface area contributed by atoms with E-state index in [0.717, 1.165) is 32.9 Å². The van der Waals surface area contributed by atoms with Crippen molar-refractivity contribution in [2.24, 2.45) is 5.10 Å². The van der Waals surface area contributed by atoms with E-state index < -0.39 is 17.6 Å². The summed E-state index contributed by atoms with van der Waals surface area (Å²) in [5, 5.41) is 6.18. The maximum Gasteiger partial charge on any atom is 0.416 e. The van der Waals surface area contributed by atoms with Crippen LogP contribution in [0.4, 0.5) is 13.2 Å². The maximum atomic E-state index is 12.8. The molecule has 8 heteroatoms. The molecule has 0 heterocycles. The molecule has 0 aliphatic carbocycles. The first-order valence-corrected chi connectivity index (χ1v) is 11.5. The van der Waals surface area contributed by atoms with Gasteiger partial charge in [-0.15, -0.1) is 0 Å². The van der Waals surface area contributed by atoms with Gasteiger partial charge >= 0.3 is 6.18 Å². The predicted molar refractivity (Wildman–Crippen MR) is 133 cm³/mol. The Kier molecular flexibility index (Phi) is 7.51. The average molecular weight is 541 g/mol. The lowest BCUT2D eigenvalue weighted by atomic mass is 10.1. The smallest absolute Gasteiger partial charge is 0.416 e. The van der Waals surface area contributed by atoms with Gasteiger partial charge in [0.2, 0.25) is 5.91 Å². The van der Waals surface area contributed by atoms with Crippen LogP contribution in [0.3, 0.4) is 0 Å². The quantitative estimate of drug-likeness (QED) is 0.205. The summed E-state index contributed by atoms with van der Waals surface area (Å²) in [5.41, 5.74) is 3.57. The molecule has 35 heavy (non-hydrogen) atoms. The van der Waals surface area contributed by atoms with Gasteiger partial charge in [0.1, 0.15) is 12.4 Å². The van der Waals surface area contributed by atoms with E-state index in [9.17, 15) is 18.0 Å². The number of hydrogen-bond donors (Lipinski definition) is 1. The summed E-state index contributed by atoms with van der Waals surface area (Å²) < 4.78 is 45.2. The molecule has 4 rings (SSSR count). The van der Waals surface area contributed by atoms with Crippen LogP contribution in [0.25, 0.3) is 10.8 Å². The van der Waals surface area contributed by atoms with Gasteiger partial charge in [-0.2, -0.15) is 18.3 Å². The Morgan fingerprint density at radius 3 is 2.54 bits per heavy atom. The first-order valence-electron chi connectivity index (χ1n) is 10.7. The Morgan fingerprint density at radius 1 is 0.971 bits per heavy atom. The molecule has 0 fully saturated rings. The number of amides is 1. The Morgan fingerprint density at radius 2 is 1.74 bits per heavy atom. The number of halogens is 4. The number of nitrogens with zero attached hydrogens (tertiary/aromatic N) is 1. The molecular formula is C27H20BrF3N2O2. The number of carbonyl (C=O) groups is 1. The van der Waals surface area contributed by atoms with Crippen molar-refractivity contribution in [1.29, 1.82) is 0 Å². The van der Waals surface area contributed by atoms with Crippen LogP contribution in [-0.2, 0) is 24.0 Å². The minimum Gasteiger partial charge on any atom is -0.488 e. The van der Waals surface area contributed by atoms with Crippen molar-refractivity contribution in [2.75, 3.05) is 0 Å². The first-order chi connectivity index (χ1) is 16.8. The van der Waals surface area contributed by atoms with Crippen LogP contribution < -0.4 is 10.2 Å². The Labute approximate surface area is 208 Å². The Balaban J connectivity index is 1.34. The summed E-state index contributed by atoms with van der Waals surface area (Å²) >= 11 is 3.49. The molecule has 0 aromatic heterocycles. The lowest BCUT2D eigenvalue weighted by Gasteiger charge is -2.11. The van der Waals surface area contributed by atoms with Crippen LogP contribution in [0.2, 0.25) is 0 Å². The van der Waals surface area contributed by atoms with Crippen molar-refractivity contribution >= 4 is 38.8 Å². The lowest BCUT2D eigenvalue weighted by molar-refractivity contribution is -0.137. The predicted octanol–water partition coefficient (Wildman–Crippen LogP) is 6.89. The lowest BCUT2D eigenvalue weighted by Crippen LogP contribution is -2.20. The second-order valence-electron chi connectivity index (χ2n) is 7.78. The molecule has 0 saturated heterocycles. The topological polar surface area (TPSA) is 50.7 Å². The zero-order valence-electron chi connectivity index (χ0n) is 18.4. The van der Waals surface area contributed by atoms with Gasteiger partial charge in [0.15, 0.2) is 0 Å². The molecule has 0 spiro atoms. The molecule has 4 aromatic rings. The second-order valence-corrected chi connectivity index (χ2v) is 8.64. The van der Waals surface area contributed by atoms with Gasteiger partial charge in [0, 0.05) is 0 Å². The SMILES string of the molecule is O=C(Cc1cccc(C(F)(F)F)c1)N/N=C\c1ccc(OCc2cccc3ccccc23)c(Br)c1. The molecule has 4 aromatic carbocycles. The molecule has 178 valence electrons. The monoisotopic (exact) mass is 540 g/mol. The minimum atomic E-state index is -4.46. The van der Waals surface area contributed by atoms with E-state index in [-0.39, 0.29) is 12.0 Å². The van der Waals surface area contributed by atoms with Crippen LogP contribution >= 0.6 is 15.9 Å². The van der Waals surface area contributed by atoms with Gasteiger partial charge in [0.25, 0.3) is 0 Å². The number of ether oxygens (including phenoxy) is 1. The highest BCUT2D eigenvalue weighted by Crippen LogP contribution is 2.30. The molecule has 0 aliphatic rings. The number of rotatable bonds is 7. The fraction of sp³-hybridized carbons (Fsp3) is 0.111. The minimum absolute atomic E-state index is 0.216. The van der Waals surface area contributed by atoms with Crippen LogP contribution in [0, 0.1) is 0 Å². The van der Waals surface area contributed by atoms with Crippen LogP contribution in [0.5, 0.6) is 5.75 Å². The summed E-state index contributed by atoms with van der Waals surface area (Å²) in [5.74, 6) is 0.137. The van der Waals surface area contributed by atoms with Gasteiger partial charge in [-0.1, -0.05) is 60.7 Å². The van der Waals surface area contributed by atoms with Gasteiger partial charge < -0.3 is 4.74 Å². The number of hydrazone groups is 1. The van der Waals surface area contributed by atoms with Gasteiger partial charge in [-0.05, 0) is 67.7 Å². The zero-order valence-corrected chi connectivity index (χ0v) is 19.9. The molecule has 0 aliphatic heterocycles. The number of nitrogens with one attached hydrogen (secondary N) is 1. The summed E-state index contributed by atoms with van der Waals surface area (Å²) in [4.78, 5) is 12.1. The standard InChI is InChI=1S/C27H20BrF3N2O2/c28-24-14-19(16-32-33-26(34)15-18-5-3-9-22(13-18)27(29,30)31)11-12-25(24)35-17-21-8-4-7-20-6-1-2-10-23(20)21/h1-14,16H,15,17H2,(H,33,34)/b32-16-. The molecule has 0 unspecified atom stereocenters. The molecule has 1 N–H and O–H groups in total. The first kappa shape index (κ1) is 24.5. The fourth-order valence-electron chi connectivity index (χ4n) is 3.55. The molecule has 1 amide bonds. The van der Waals surface area contributed by atoms with Crippen molar-refractivity contribution in [3.8, 4) is 5.75 Å². The third-order valence-electron chi connectivity index (χ3n) is 5.24. The van der Waals surface area contributed by atoms with E-state index in [1.54, 1.807) is 18.2 Å². The highest BCUT2D eigenvalue weighted by atomic mass is 79.9. The zero-order chi connectivity index (χ0) is 24.8. The summed E-state index contributed by atoms with van der Waals surface area (Å²) in [6.45, 7) is 0.402. The number of alkyl halides is 3. The number of benzene rings is 4. The summed E-state index contributed by atoms with van der Waals surface area (Å²) in [6, 6.07) is 24.2. The van der Waals surface area contributed by atoms with E-state index in [4.69, 9.17) is 4.74 Å². The van der Waals surface area contributed by atoms with Crippen molar-refractivity contribution in [3.63, 3.8) is 0 Å². The van der Waals surface area contributed by atoms with Gasteiger partial charge in [-0.3, -0.25) is 4.79 Å². The maximum absolute atomic E-state index is 12.8. The third-order valence-corrected chi connectivity index (χ3v) is 5.86. The van der Waals surface area contributed by atoms with E-state index in [1.165, 1.54) is 18.3 Å². The van der Waals surface area contributed by atoms with Crippen molar-refractivity contribution < 1.29 is 22.7 Å². The normalized spacial score (nSPS) is 11.7. The summed E-state index contributed by atoms with van der Waals surface area (Å²) in [7, 11) is 0. The van der Waals surface area contributed by atoms with Crippen LogP contribution in [0.15, 0.2) is 94.5 Å². The molecule has 0 saturated carbocycles. The van der Waals surface area contributed by atoms with Crippen LogP contribution in [-0.4, -0.2) is 12.1 Å². The third kappa shape index (κ3) is 6.48. The van der Waals surface area contributed by atoms with Crippen molar-refractivity contribution in [3.05, 3.63) is 112 Å². The molecule has 0 radical (unpaired) electrons. The van der Waals surface area contributed by atoms with E-state index in [1.807, 2.05) is 24.3 Å². The van der Waals surface area contributed by atoms with Crippen molar-refractivity contribution in [2.45, 2.75) is 19.2 Å². The van der Waals surface area contributed by atoms with Gasteiger partial charge in [-0.25, -0.2) is 5.43 Å². The largest absolute Gasteiger partial charge is 0.488 e. The van der Waals surface area contributed by atoms with E-state index >= 15 is 0 Å². The highest BCUT2D eigenvalue weighted by Gasteiger charge is 2.30. The Hall–Kier alpha value is -3.65. The fourth-order valence-corrected chi connectivity index (χ4v) is 4.06. The number of hydrogen-bond acceptors (Lipinski definition) is 3.